The highest BCUT2D eigenvalue weighted by molar-refractivity contribution is 8.13. The molecule has 1 N–H and O–H groups in total. The Morgan fingerprint density at radius 3 is 2.95 bits per heavy atom. The van der Waals surface area contributed by atoms with Crippen LogP contribution in [0.5, 0.6) is 0 Å². The van der Waals surface area contributed by atoms with Gasteiger partial charge < -0.3 is 5.32 Å². The fraction of sp³-hybridized carbons (Fsp3) is 0.714. The maximum absolute atomic E-state index is 4.67. The van der Waals surface area contributed by atoms with E-state index in [1.807, 2.05) is 29.7 Å². The molecule has 0 saturated carbocycles. The Hall–Kier alpha value is -0.970. The maximum Gasteiger partial charge on any atom is 0.156 e. The number of amidine groups is 1. The van der Waals surface area contributed by atoms with Gasteiger partial charge in [0.25, 0.3) is 0 Å². The van der Waals surface area contributed by atoms with Crippen LogP contribution in [0.4, 0.5) is 0 Å². The van der Waals surface area contributed by atoms with Gasteiger partial charge in [0.05, 0.1) is 5.69 Å². The van der Waals surface area contributed by atoms with Crippen molar-refractivity contribution in [1.82, 2.24) is 15.1 Å². The van der Waals surface area contributed by atoms with Crippen LogP contribution >= 0.6 is 11.8 Å². The first-order chi connectivity index (χ1) is 8.95. The molecule has 0 radical (unpaired) electrons. The number of aliphatic imine (C=N–C) groups is 1. The van der Waals surface area contributed by atoms with E-state index in [9.17, 15) is 0 Å². The lowest BCUT2D eigenvalue weighted by atomic mass is 9.85. The van der Waals surface area contributed by atoms with Crippen LogP contribution in [0.25, 0.3) is 0 Å². The van der Waals surface area contributed by atoms with E-state index in [1.54, 1.807) is 0 Å². The molecule has 1 aromatic rings. The quantitative estimate of drug-likeness (QED) is 0.925. The number of hydrogen-bond donors (Lipinski definition) is 1. The number of thioether (sulfide) groups is 1. The predicted molar refractivity (Wildman–Crippen MR) is 82.7 cm³/mol. The van der Waals surface area contributed by atoms with Crippen LogP contribution in [0.3, 0.4) is 0 Å². The van der Waals surface area contributed by atoms with Gasteiger partial charge in [-0.15, -0.1) is 0 Å². The molecule has 1 aliphatic rings. The summed E-state index contributed by atoms with van der Waals surface area (Å²) in [6.45, 7) is 7.66. The van der Waals surface area contributed by atoms with Crippen molar-refractivity contribution in [2.24, 2.45) is 17.5 Å². The van der Waals surface area contributed by atoms with Gasteiger partial charge in [0.15, 0.2) is 5.17 Å². The molecule has 1 atom stereocenters. The molecule has 0 spiro atoms. The zero-order valence-corrected chi connectivity index (χ0v) is 13.1. The van der Waals surface area contributed by atoms with Gasteiger partial charge in [-0.2, -0.15) is 5.10 Å². The highest BCUT2D eigenvalue weighted by atomic mass is 32.2. The third-order valence-corrected chi connectivity index (χ3v) is 4.34. The number of rotatable bonds is 3. The van der Waals surface area contributed by atoms with E-state index in [0.29, 0.717) is 11.5 Å². The van der Waals surface area contributed by atoms with Crippen LogP contribution < -0.4 is 5.32 Å². The Kier molecular flexibility index (Phi) is 4.55. The molecule has 2 rings (SSSR count). The third kappa shape index (κ3) is 4.27. The highest BCUT2D eigenvalue weighted by Crippen LogP contribution is 2.27. The zero-order chi connectivity index (χ0) is 13.9. The van der Waals surface area contributed by atoms with Crippen molar-refractivity contribution >= 4 is 16.9 Å². The van der Waals surface area contributed by atoms with Gasteiger partial charge in [0, 0.05) is 38.0 Å². The highest BCUT2D eigenvalue weighted by Gasteiger charge is 2.28. The van der Waals surface area contributed by atoms with E-state index in [2.05, 4.69) is 42.2 Å². The number of hydrogen-bond acceptors (Lipinski definition) is 3. The van der Waals surface area contributed by atoms with Crippen molar-refractivity contribution < 1.29 is 0 Å². The summed E-state index contributed by atoms with van der Waals surface area (Å²) in [5.74, 6) is 1.16. The second kappa shape index (κ2) is 5.99. The van der Waals surface area contributed by atoms with E-state index < -0.39 is 0 Å². The monoisotopic (exact) mass is 280 g/mol. The smallest absolute Gasteiger partial charge is 0.156 e. The molecular formula is C14H24N4S. The van der Waals surface area contributed by atoms with E-state index in [1.165, 1.54) is 6.42 Å². The summed E-state index contributed by atoms with van der Waals surface area (Å²) < 4.78 is 1.84. The molecule has 0 aromatic carbocycles. The van der Waals surface area contributed by atoms with Gasteiger partial charge in [-0.1, -0.05) is 32.5 Å². The molecule has 5 heteroatoms. The molecule has 4 nitrogen and oxygen atoms in total. The lowest BCUT2D eigenvalue weighted by Crippen LogP contribution is -2.46. The van der Waals surface area contributed by atoms with Crippen molar-refractivity contribution in [3.05, 3.63) is 18.0 Å². The van der Waals surface area contributed by atoms with Crippen LogP contribution in [0.2, 0.25) is 0 Å². The topological polar surface area (TPSA) is 42.2 Å². The minimum Gasteiger partial charge on any atom is -0.362 e. The molecule has 2 heterocycles. The minimum atomic E-state index is 0.294. The fourth-order valence-electron chi connectivity index (χ4n) is 2.15. The van der Waals surface area contributed by atoms with Gasteiger partial charge in [-0.25, -0.2) is 0 Å². The van der Waals surface area contributed by atoms with Crippen LogP contribution in [0.15, 0.2) is 17.3 Å². The zero-order valence-electron chi connectivity index (χ0n) is 12.3. The molecule has 1 aliphatic heterocycles. The van der Waals surface area contributed by atoms with Crippen molar-refractivity contribution in [2.45, 2.75) is 39.7 Å². The molecule has 0 amide bonds. The molecule has 0 aliphatic carbocycles. The van der Waals surface area contributed by atoms with E-state index in [-0.39, 0.29) is 0 Å². The standard InChI is InChI=1S/C14H24N4S/c1-14(2,3)12-7-10-19-13(16-12)15-8-5-11-6-9-18(4)17-11/h6,9,12H,5,7-8,10H2,1-4H3,(H,15,16). The number of aromatic nitrogens is 2. The Labute approximate surface area is 120 Å². The summed E-state index contributed by atoms with van der Waals surface area (Å²) in [6.07, 6.45) is 4.10. The SMILES string of the molecule is Cn1ccc(CCN=C2NC(C(C)(C)C)CCS2)n1. The lowest BCUT2D eigenvalue weighted by molar-refractivity contribution is 0.290. The molecule has 1 aromatic heterocycles. The van der Waals surface area contributed by atoms with Crippen molar-refractivity contribution in [2.75, 3.05) is 12.3 Å². The molecule has 1 fully saturated rings. The average molecular weight is 280 g/mol. The second-order valence-corrected chi connectivity index (χ2v) is 7.20. The lowest BCUT2D eigenvalue weighted by Gasteiger charge is -2.35. The Bertz CT molecular complexity index is 445. The second-order valence-electron chi connectivity index (χ2n) is 6.12. The molecule has 1 saturated heterocycles. The minimum absolute atomic E-state index is 0.294. The molecular weight excluding hydrogens is 256 g/mol. The summed E-state index contributed by atoms with van der Waals surface area (Å²) in [4.78, 5) is 4.67. The van der Waals surface area contributed by atoms with Crippen LogP contribution in [-0.4, -0.2) is 33.3 Å². The summed E-state index contributed by atoms with van der Waals surface area (Å²) in [7, 11) is 1.95. The largest absolute Gasteiger partial charge is 0.362 e. The van der Waals surface area contributed by atoms with Gasteiger partial charge in [-0.05, 0) is 17.9 Å². The number of aryl methyl sites for hydroxylation is 1. The van der Waals surface area contributed by atoms with Crippen molar-refractivity contribution in [3.63, 3.8) is 0 Å². The predicted octanol–water partition coefficient (Wildman–Crippen LogP) is 2.46. The number of nitrogens with one attached hydrogen (secondary N) is 1. The van der Waals surface area contributed by atoms with E-state index in [0.717, 1.165) is 29.6 Å². The number of nitrogens with zero attached hydrogens (tertiary/aromatic N) is 3. The van der Waals surface area contributed by atoms with Gasteiger partial charge in [0.1, 0.15) is 0 Å². The van der Waals surface area contributed by atoms with Gasteiger partial charge >= 0.3 is 0 Å². The Morgan fingerprint density at radius 2 is 2.32 bits per heavy atom. The van der Waals surface area contributed by atoms with Crippen molar-refractivity contribution in [3.8, 4) is 0 Å². The summed E-state index contributed by atoms with van der Waals surface area (Å²) >= 11 is 1.84. The van der Waals surface area contributed by atoms with Gasteiger partial charge in [0.2, 0.25) is 0 Å². The van der Waals surface area contributed by atoms with E-state index in [4.69, 9.17) is 0 Å². The maximum atomic E-state index is 4.67. The van der Waals surface area contributed by atoms with Gasteiger partial charge in [-0.3, -0.25) is 9.67 Å². The van der Waals surface area contributed by atoms with Crippen molar-refractivity contribution in [1.29, 1.82) is 0 Å². The summed E-state index contributed by atoms with van der Waals surface area (Å²) in [5, 5.41) is 9.04. The summed E-state index contributed by atoms with van der Waals surface area (Å²) in [5.41, 5.74) is 1.41. The first-order valence-corrected chi connectivity index (χ1v) is 7.86. The third-order valence-electron chi connectivity index (χ3n) is 3.38. The molecule has 1 unspecified atom stereocenters. The van der Waals surface area contributed by atoms with E-state index >= 15 is 0 Å². The Balaban J connectivity index is 1.85. The summed E-state index contributed by atoms with van der Waals surface area (Å²) in [6, 6.07) is 2.59. The first-order valence-electron chi connectivity index (χ1n) is 6.87. The van der Waals surface area contributed by atoms with Crippen LogP contribution in [0.1, 0.15) is 32.9 Å². The normalized spacial score (nSPS) is 22.5. The molecule has 106 valence electrons. The fourth-order valence-corrected chi connectivity index (χ4v) is 3.10. The molecule has 19 heavy (non-hydrogen) atoms. The van der Waals surface area contributed by atoms with Crippen LogP contribution in [0, 0.1) is 5.41 Å². The Morgan fingerprint density at radius 1 is 1.53 bits per heavy atom. The molecule has 0 bridgehead atoms. The van der Waals surface area contributed by atoms with Crippen LogP contribution in [-0.2, 0) is 13.5 Å². The average Bonchev–Trinajstić information content (AvgIpc) is 2.74. The first kappa shape index (κ1) is 14.4.